The first kappa shape index (κ1) is 15.9. The minimum Gasteiger partial charge on any atom is -0.452 e. The van der Waals surface area contributed by atoms with E-state index in [1.807, 2.05) is 30.3 Å². The summed E-state index contributed by atoms with van der Waals surface area (Å²) in [6.07, 6.45) is 0. The number of esters is 1. The summed E-state index contributed by atoms with van der Waals surface area (Å²) in [4.78, 5) is 36.1. The fraction of sp³-hybridized carbons (Fsp3) is 0.0556. The fourth-order valence-electron chi connectivity index (χ4n) is 2.24. The number of benzene rings is 2. The van der Waals surface area contributed by atoms with E-state index in [4.69, 9.17) is 4.74 Å². The van der Waals surface area contributed by atoms with E-state index < -0.39 is 24.4 Å². The molecule has 2 aromatic carbocycles. The molecule has 0 atom stereocenters. The van der Waals surface area contributed by atoms with Gasteiger partial charge in [0.05, 0.1) is 10.4 Å². The molecule has 24 heavy (non-hydrogen) atoms. The molecule has 0 saturated heterocycles. The highest BCUT2D eigenvalue weighted by molar-refractivity contribution is 7.12. The Balaban J connectivity index is 1.62. The predicted octanol–water partition coefficient (Wildman–Crippen LogP) is 3.01. The zero-order chi connectivity index (χ0) is 16.9. The third-order valence-electron chi connectivity index (χ3n) is 3.34. The number of rotatable bonds is 4. The van der Waals surface area contributed by atoms with Gasteiger partial charge in [0.2, 0.25) is 0 Å². The molecule has 6 heteroatoms. The van der Waals surface area contributed by atoms with Crippen molar-refractivity contribution in [2.24, 2.45) is 0 Å². The van der Waals surface area contributed by atoms with Crippen LogP contribution < -0.4 is 5.32 Å². The van der Waals surface area contributed by atoms with E-state index in [1.54, 1.807) is 29.6 Å². The van der Waals surface area contributed by atoms with E-state index in [9.17, 15) is 14.4 Å². The smallest absolute Gasteiger partial charge is 0.339 e. The molecule has 0 unspecified atom stereocenters. The molecule has 0 saturated carbocycles. The molecular weight excluding hydrogens is 326 g/mol. The van der Waals surface area contributed by atoms with Gasteiger partial charge in [-0.1, -0.05) is 42.5 Å². The molecular formula is C18H13NO4S. The first-order valence-electron chi connectivity index (χ1n) is 7.18. The molecule has 0 aliphatic carbocycles. The first-order valence-corrected chi connectivity index (χ1v) is 8.05. The van der Waals surface area contributed by atoms with Crippen molar-refractivity contribution in [2.45, 2.75) is 0 Å². The van der Waals surface area contributed by atoms with Gasteiger partial charge in [-0.25, -0.2) is 4.79 Å². The van der Waals surface area contributed by atoms with Crippen LogP contribution in [-0.2, 0) is 9.53 Å². The average molecular weight is 339 g/mol. The lowest BCUT2D eigenvalue weighted by Gasteiger charge is -2.07. The largest absolute Gasteiger partial charge is 0.452 e. The van der Waals surface area contributed by atoms with Gasteiger partial charge in [-0.15, -0.1) is 11.3 Å². The number of fused-ring (bicyclic) bond motifs is 1. The minimum atomic E-state index is -0.665. The topological polar surface area (TPSA) is 72.5 Å². The zero-order valence-electron chi connectivity index (χ0n) is 12.5. The maximum Gasteiger partial charge on any atom is 0.339 e. The number of thiophene rings is 1. The standard InChI is InChI=1S/C18H13NO4S/c20-16(19-17(21)15-9-4-10-24-15)11-23-18(22)14-8-3-6-12-5-1-2-7-13(12)14/h1-10H,11H2,(H,19,20,21). The third-order valence-corrected chi connectivity index (χ3v) is 4.21. The van der Waals surface area contributed by atoms with Gasteiger partial charge < -0.3 is 4.74 Å². The Morgan fingerprint density at radius 3 is 2.54 bits per heavy atom. The molecule has 0 spiro atoms. The highest BCUT2D eigenvalue weighted by Gasteiger charge is 2.15. The van der Waals surface area contributed by atoms with Crippen LogP contribution in [0.3, 0.4) is 0 Å². The van der Waals surface area contributed by atoms with Crippen LogP contribution in [0.15, 0.2) is 60.0 Å². The van der Waals surface area contributed by atoms with Gasteiger partial charge in [0.15, 0.2) is 6.61 Å². The summed E-state index contributed by atoms with van der Waals surface area (Å²) in [5, 5.41) is 5.57. The monoisotopic (exact) mass is 339 g/mol. The number of imide groups is 1. The number of hydrogen-bond acceptors (Lipinski definition) is 5. The van der Waals surface area contributed by atoms with Gasteiger partial charge in [-0.05, 0) is 28.3 Å². The molecule has 0 radical (unpaired) electrons. The van der Waals surface area contributed by atoms with Gasteiger partial charge in [-0.2, -0.15) is 0 Å². The molecule has 1 heterocycles. The Morgan fingerprint density at radius 1 is 0.958 bits per heavy atom. The SMILES string of the molecule is O=C(COC(=O)c1cccc2ccccc12)NC(=O)c1cccs1. The quantitative estimate of drug-likeness (QED) is 0.742. The molecule has 0 aliphatic rings. The van der Waals surface area contributed by atoms with Crippen molar-refractivity contribution in [1.29, 1.82) is 0 Å². The molecule has 0 aliphatic heterocycles. The fourth-order valence-corrected chi connectivity index (χ4v) is 2.86. The Morgan fingerprint density at radius 2 is 1.75 bits per heavy atom. The van der Waals surface area contributed by atoms with E-state index in [0.29, 0.717) is 10.4 Å². The summed E-state index contributed by atoms with van der Waals surface area (Å²) in [5.74, 6) is -1.77. The Hall–Kier alpha value is -2.99. The first-order chi connectivity index (χ1) is 11.6. The molecule has 1 N–H and O–H groups in total. The lowest BCUT2D eigenvalue weighted by atomic mass is 10.1. The maximum atomic E-state index is 12.2. The van der Waals surface area contributed by atoms with Crippen LogP contribution in [0, 0.1) is 0 Å². The van der Waals surface area contributed by atoms with Crippen LogP contribution in [0.2, 0.25) is 0 Å². The summed E-state index contributed by atoms with van der Waals surface area (Å²) < 4.78 is 5.02. The summed E-state index contributed by atoms with van der Waals surface area (Å²) in [6, 6.07) is 16.0. The van der Waals surface area contributed by atoms with E-state index >= 15 is 0 Å². The van der Waals surface area contributed by atoms with E-state index in [1.165, 1.54) is 11.3 Å². The molecule has 0 bridgehead atoms. The van der Waals surface area contributed by atoms with Crippen molar-refractivity contribution in [2.75, 3.05) is 6.61 Å². The summed E-state index contributed by atoms with van der Waals surface area (Å²) >= 11 is 1.22. The van der Waals surface area contributed by atoms with Crippen molar-refractivity contribution in [3.8, 4) is 0 Å². The average Bonchev–Trinajstić information content (AvgIpc) is 3.14. The molecule has 2 amide bonds. The second kappa shape index (κ2) is 7.06. The summed E-state index contributed by atoms with van der Waals surface area (Å²) in [5.41, 5.74) is 0.380. The third kappa shape index (κ3) is 3.49. The molecule has 3 rings (SSSR count). The van der Waals surface area contributed by atoms with Crippen molar-refractivity contribution in [3.63, 3.8) is 0 Å². The zero-order valence-corrected chi connectivity index (χ0v) is 13.3. The minimum absolute atomic E-state index is 0.380. The van der Waals surface area contributed by atoms with Gasteiger partial charge in [0, 0.05) is 0 Å². The second-order valence-electron chi connectivity index (χ2n) is 4.96. The summed E-state index contributed by atoms with van der Waals surface area (Å²) in [7, 11) is 0. The second-order valence-corrected chi connectivity index (χ2v) is 5.91. The highest BCUT2D eigenvalue weighted by Crippen LogP contribution is 2.19. The van der Waals surface area contributed by atoms with Crippen LogP contribution in [0.5, 0.6) is 0 Å². The Bertz CT molecular complexity index is 897. The molecule has 3 aromatic rings. The lowest BCUT2D eigenvalue weighted by molar-refractivity contribution is -0.123. The van der Waals surface area contributed by atoms with E-state index in [-0.39, 0.29) is 0 Å². The van der Waals surface area contributed by atoms with Crippen molar-refractivity contribution in [3.05, 3.63) is 70.4 Å². The molecule has 120 valence electrons. The van der Waals surface area contributed by atoms with E-state index in [2.05, 4.69) is 5.32 Å². The molecule has 1 aromatic heterocycles. The van der Waals surface area contributed by atoms with Crippen LogP contribution in [0.25, 0.3) is 10.8 Å². The maximum absolute atomic E-state index is 12.2. The van der Waals surface area contributed by atoms with Gasteiger partial charge in [-0.3, -0.25) is 14.9 Å². The van der Waals surface area contributed by atoms with E-state index in [0.717, 1.165) is 10.8 Å². The number of carbonyl (C=O) groups excluding carboxylic acids is 3. The van der Waals surface area contributed by atoms with Crippen molar-refractivity contribution < 1.29 is 19.1 Å². The van der Waals surface area contributed by atoms with Gasteiger partial charge in [0.25, 0.3) is 11.8 Å². The van der Waals surface area contributed by atoms with Crippen LogP contribution in [-0.4, -0.2) is 24.4 Å². The van der Waals surface area contributed by atoms with Gasteiger partial charge in [0.1, 0.15) is 0 Å². The number of amides is 2. The normalized spacial score (nSPS) is 10.3. The Kier molecular flexibility index (Phi) is 4.67. The highest BCUT2D eigenvalue weighted by atomic mass is 32.1. The Labute approximate surface area is 141 Å². The van der Waals surface area contributed by atoms with Crippen LogP contribution >= 0.6 is 11.3 Å². The van der Waals surface area contributed by atoms with Gasteiger partial charge >= 0.3 is 5.97 Å². The number of carbonyl (C=O) groups is 3. The van der Waals surface area contributed by atoms with Crippen molar-refractivity contribution in [1.82, 2.24) is 5.32 Å². The van der Waals surface area contributed by atoms with Crippen molar-refractivity contribution >= 4 is 39.9 Å². The molecule has 0 fully saturated rings. The van der Waals surface area contributed by atoms with Crippen LogP contribution in [0.1, 0.15) is 20.0 Å². The molecule has 5 nitrogen and oxygen atoms in total. The number of hydrogen-bond donors (Lipinski definition) is 1. The lowest BCUT2D eigenvalue weighted by Crippen LogP contribution is -2.33. The van der Waals surface area contributed by atoms with Crippen LogP contribution in [0.4, 0.5) is 0 Å². The summed E-state index contributed by atoms with van der Waals surface area (Å²) in [6.45, 7) is -0.515. The number of ether oxygens (including phenoxy) is 1. The predicted molar refractivity (Wildman–Crippen MR) is 91.0 cm³/mol. The number of nitrogens with one attached hydrogen (secondary N) is 1.